The molecule has 0 spiro atoms. The highest BCUT2D eigenvalue weighted by atomic mass is 79.9. The van der Waals surface area contributed by atoms with Crippen LogP contribution in [-0.2, 0) is 6.42 Å². The summed E-state index contributed by atoms with van der Waals surface area (Å²) in [5.74, 6) is 0.862. The number of anilines is 1. The van der Waals surface area contributed by atoms with E-state index in [0.29, 0.717) is 0 Å². The van der Waals surface area contributed by atoms with Gasteiger partial charge in [-0.15, -0.1) is 0 Å². The maximum atomic E-state index is 5.75. The molecule has 3 N–H and O–H groups in total. The molecule has 1 aliphatic rings. The summed E-state index contributed by atoms with van der Waals surface area (Å²) in [5, 5.41) is 3.40. The summed E-state index contributed by atoms with van der Waals surface area (Å²) in [5.41, 5.74) is 7.95. The van der Waals surface area contributed by atoms with Crippen LogP contribution in [0, 0.1) is 5.92 Å². The van der Waals surface area contributed by atoms with Crippen molar-refractivity contribution in [1.29, 1.82) is 0 Å². The third-order valence-corrected chi connectivity index (χ3v) is 3.76. The summed E-state index contributed by atoms with van der Waals surface area (Å²) >= 11 is 3.46. The van der Waals surface area contributed by atoms with E-state index in [2.05, 4.69) is 33.4 Å². The highest BCUT2D eigenvalue weighted by Gasteiger charge is 2.13. The fourth-order valence-corrected chi connectivity index (χ4v) is 2.48. The van der Waals surface area contributed by atoms with Gasteiger partial charge in [0.2, 0.25) is 0 Å². The minimum atomic E-state index is 0.821. The van der Waals surface area contributed by atoms with Crippen molar-refractivity contribution in [3.8, 4) is 0 Å². The number of aryl methyl sites for hydroxylation is 1. The first-order chi connectivity index (χ1) is 7.25. The van der Waals surface area contributed by atoms with Crippen LogP contribution in [0.15, 0.2) is 22.7 Å². The van der Waals surface area contributed by atoms with Crippen LogP contribution in [-0.4, -0.2) is 13.1 Å². The molecule has 0 aliphatic carbocycles. The Morgan fingerprint density at radius 3 is 3.00 bits per heavy atom. The maximum Gasteiger partial charge on any atom is 0.0458 e. The zero-order valence-electron chi connectivity index (χ0n) is 8.80. The molecule has 1 fully saturated rings. The van der Waals surface area contributed by atoms with Crippen LogP contribution in [0.2, 0.25) is 0 Å². The number of nitrogens with one attached hydrogen (secondary N) is 1. The van der Waals surface area contributed by atoms with Crippen LogP contribution in [0.1, 0.15) is 18.4 Å². The normalized spacial score (nSPS) is 20.7. The lowest BCUT2D eigenvalue weighted by molar-refractivity contribution is 0.533. The number of hydrogen-bond acceptors (Lipinski definition) is 2. The Morgan fingerprint density at radius 1 is 1.47 bits per heavy atom. The van der Waals surface area contributed by atoms with E-state index in [1.807, 2.05) is 6.07 Å². The second-order valence-electron chi connectivity index (χ2n) is 4.25. The molecule has 1 saturated heterocycles. The lowest BCUT2D eigenvalue weighted by Crippen LogP contribution is -2.09. The van der Waals surface area contributed by atoms with Gasteiger partial charge in [0.05, 0.1) is 0 Å². The van der Waals surface area contributed by atoms with Gasteiger partial charge in [-0.3, -0.25) is 0 Å². The summed E-state index contributed by atoms with van der Waals surface area (Å²) < 4.78 is 1.02. The van der Waals surface area contributed by atoms with Crippen molar-refractivity contribution < 1.29 is 0 Å². The van der Waals surface area contributed by atoms with Crippen LogP contribution in [0.5, 0.6) is 0 Å². The Kier molecular flexibility index (Phi) is 3.65. The van der Waals surface area contributed by atoms with Crippen molar-refractivity contribution in [1.82, 2.24) is 5.32 Å². The van der Waals surface area contributed by atoms with Gasteiger partial charge in [0, 0.05) is 10.2 Å². The zero-order chi connectivity index (χ0) is 10.7. The Balaban J connectivity index is 1.90. The molecule has 3 heteroatoms. The summed E-state index contributed by atoms with van der Waals surface area (Å²) in [7, 11) is 0. The SMILES string of the molecule is Nc1ccc(CCC2CCNC2)cc1Br. The van der Waals surface area contributed by atoms with Gasteiger partial charge < -0.3 is 11.1 Å². The highest BCUT2D eigenvalue weighted by molar-refractivity contribution is 9.10. The zero-order valence-corrected chi connectivity index (χ0v) is 10.4. The topological polar surface area (TPSA) is 38.0 Å². The van der Waals surface area contributed by atoms with E-state index in [-0.39, 0.29) is 0 Å². The average molecular weight is 269 g/mol. The van der Waals surface area contributed by atoms with E-state index in [9.17, 15) is 0 Å². The molecule has 2 rings (SSSR count). The summed E-state index contributed by atoms with van der Waals surface area (Å²) in [4.78, 5) is 0. The molecule has 0 bridgehead atoms. The first kappa shape index (κ1) is 11.0. The van der Waals surface area contributed by atoms with Crippen molar-refractivity contribution in [2.45, 2.75) is 19.3 Å². The van der Waals surface area contributed by atoms with Gasteiger partial charge in [-0.05, 0) is 71.9 Å². The second kappa shape index (κ2) is 4.99. The first-order valence-corrected chi connectivity index (χ1v) is 6.29. The molecule has 82 valence electrons. The van der Waals surface area contributed by atoms with E-state index in [1.165, 1.54) is 31.5 Å². The molecule has 0 saturated carbocycles. The summed E-state index contributed by atoms with van der Waals surface area (Å²) in [6.07, 6.45) is 3.77. The van der Waals surface area contributed by atoms with Crippen LogP contribution < -0.4 is 11.1 Å². The van der Waals surface area contributed by atoms with Crippen LogP contribution in [0.4, 0.5) is 5.69 Å². The lowest BCUT2D eigenvalue weighted by atomic mass is 9.99. The molecule has 2 nitrogen and oxygen atoms in total. The summed E-state index contributed by atoms with van der Waals surface area (Å²) in [6, 6.07) is 6.24. The van der Waals surface area contributed by atoms with Crippen LogP contribution in [0.3, 0.4) is 0 Å². The highest BCUT2D eigenvalue weighted by Crippen LogP contribution is 2.22. The third-order valence-electron chi connectivity index (χ3n) is 3.07. The number of rotatable bonds is 3. The number of nitrogens with two attached hydrogens (primary N) is 1. The molecular formula is C12H17BrN2. The molecular weight excluding hydrogens is 252 g/mol. The minimum absolute atomic E-state index is 0.821. The Bertz CT molecular complexity index is 332. The molecule has 15 heavy (non-hydrogen) atoms. The van der Waals surface area contributed by atoms with Crippen molar-refractivity contribution in [3.63, 3.8) is 0 Å². The van der Waals surface area contributed by atoms with Crippen molar-refractivity contribution in [2.75, 3.05) is 18.8 Å². The molecule has 1 aromatic rings. The van der Waals surface area contributed by atoms with E-state index >= 15 is 0 Å². The predicted octanol–water partition coefficient (Wildman–Crippen LogP) is 2.57. The first-order valence-electron chi connectivity index (χ1n) is 5.50. The molecule has 1 aliphatic heterocycles. The fourth-order valence-electron chi connectivity index (χ4n) is 2.06. The molecule has 1 unspecified atom stereocenters. The van der Waals surface area contributed by atoms with Gasteiger partial charge in [-0.2, -0.15) is 0 Å². The molecule has 0 amide bonds. The van der Waals surface area contributed by atoms with Gasteiger partial charge in [0.1, 0.15) is 0 Å². The lowest BCUT2D eigenvalue weighted by Gasteiger charge is -2.08. The quantitative estimate of drug-likeness (QED) is 0.828. The monoisotopic (exact) mass is 268 g/mol. The molecule has 0 radical (unpaired) electrons. The van der Waals surface area contributed by atoms with E-state index in [1.54, 1.807) is 0 Å². The van der Waals surface area contributed by atoms with E-state index in [0.717, 1.165) is 22.5 Å². The minimum Gasteiger partial charge on any atom is -0.398 e. The van der Waals surface area contributed by atoms with E-state index in [4.69, 9.17) is 5.73 Å². The number of halogens is 1. The smallest absolute Gasteiger partial charge is 0.0458 e. The van der Waals surface area contributed by atoms with Gasteiger partial charge >= 0.3 is 0 Å². The molecule has 1 aromatic carbocycles. The number of benzene rings is 1. The Morgan fingerprint density at radius 2 is 2.33 bits per heavy atom. The van der Waals surface area contributed by atoms with Gasteiger partial charge in [-0.25, -0.2) is 0 Å². The molecule has 1 heterocycles. The second-order valence-corrected chi connectivity index (χ2v) is 5.11. The Hall–Kier alpha value is -0.540. The summed E-state index contributed by atoms with van der Waals surface area (Å²) in [6.45, 7) is 2.38. The average Bonchev–Trinajstić information content (AvgIpc) is 2.73. The van der Waals surface area contributed by atoms with Gasteiger partial charge in [-0.1, -0.05) is 6.07 Å². The predicted molar refractivity (Wildman–Crippen MR) is 67.9 cm³/mol. The number of nitrogen functional groups attached to an aromatic ring is 1. The Labute approximate surface area is 99.4 Å². The largest absolute Gasteiger partial charge is 0.398 e. The van der Waals surface area contributed by atoms with E-state index < -0.39 is 0 Å². The molecule has 1 atom stereocenters. The van der Waals surface area contributed by atoms with Crippen LogP contribution in [0.25, 0.3) is 0 Å². The van der Waals surface area contributed by atoms with Gasteiger partial charge in [0.25, 0.3) is 0 Å². The standard InChI is InChI=1S/C12H17BrN2/c13-11-7-9(3-4-12(11)14)1-2-10-5-6-15-8-10/h3-4,7,10,15H,1-2,5-6,8,14H2. The third kappa shape index (κ3) is 2.95. The van der Waals surface area contributed by atoms with Crippen molar-refractivity contribution in [2.24, 2.45) is 5.92 Å². The maximum absolute atomic E-state index is 5.75. The van der Waals surface area contributed by atoms with Crippen molar-refractivity contribution >= 4 is 21.6 Å². The van der Waals surface area contributed by atoms with Crippen molar-refractivity contribution in [3.05, 3.63) is 28.2 Å². The van der Waals surface area contributed by atoms with Gasteiger partial charge in [0.15, 0.2) is 0 Å². The fraction of sp³-hybridized carbons (Fsp3) is 0.500. The number of hydrogen-bond donors (Lipinski definition) is 2. The molecule has 0 aromatic heterocycles. The van der Waals surface area contributed by atoms with Crippen LogP contribution >= 0.6 is 15.9 Å².